The van der Waals surface area contributed by atoms with Crippen molar-refractivity contribution in [2.75, 3.05) is 0 Å². The van der Waals surface area contributed by atoms with Gasteiger partial charge in [0, 0.05) is 28.2 Å². The summed E-state index contributed by atoms with van der Waals surface area (Å²) < 4.78 is 13.0. The third kappa shape index (κ3) is 4.61. The van der Waals surface area contributed by atoms with Crippen LogP contribution in [0.3, 0.4) is 0 Å². The van der Waals surface area contributed by atoms with Crippen molar-refractivity contribution in [1.82, 2.24) is 10.3 Å². The molecule has 0 radical (unpaired) electrons. The van der Waals surface area contributed by atoms with Crippen molar-refractivity contribution in [3.05, 3.63) is 83.3 Å². The first-order valence-corrected chi connectivity index (χ1v) is 8.68. The highest BCUT2D eigenvalue weighted by Gasteiger charge is 2.07. The SMILES string of the molecule is CC(NC(=O)C=Cc1ccc(-c2ccc(F)cc2)s1)c1ccncc1. The molecule has 1 N–H and O–H groups in total. The van der Waals surface area contributed by atoms with E-state index >= 15 is 0 Å². The maximum Gasteiger partial charge on any atom is 0.244 e. The fraction of sp³-hybridized carbons (Fsp3) is 0.100. The molecule has 3 rings (SSSR count). The average Bonchev–Trinajstić information content (AvgIpc) is 3.10. The maximum absolute atomic E-state index is 13.0. The second-order valence-electron chi connectivity index (χ2n) is 5.55. The van der Waals surface area contributed by atoms with Gasteiger partial charge in [0.1, 0.15) is 5.82 Å². The summed E-state index contributed by atoms with van der Waals surface area (Å²) in [6, 6.07) is 14.0. The monoisotopic (exact) mass is 352 g/mol. The Balaban J connectivity index is 1.62. The molecule has 0 fully saturated rings. The van der Waals surface area contributed by atoms with E-state index in [1.165, 1.54) is 18.2 Å². The van der Waals surface area contributed by atoms with E-state index in [2.05, 4.69) is 10.3 Å². The molecular weight excluding hydrogens is 335 g/mol. The summed E-state index contributed by atoms with van der Waals surface area (Å²) in [6.45, 7) is 1.93. The lowest BCUT2D eigenvalue weighted by Gasteiger charge is -2.12. The highest BCUT2D eigenvalue weighted by Crippen LogP contribution is 2.28. The van der Waals surface area contributed by atoms with Gasteiger partial charge in [0.25, 0.3) is 0 Å². The summed E-state index contributed by atoms with van der Waals surface area (Å²) in [6.07, 6.45) is 6.72. The van der Waals surface area contributed by atoms with Gasteiger partial charge in [-0.15, -0.1) is 11.3 Å². The second kappa shape index (κ2) is 7.85. The number of thiophene rings is 1. The zero-order valence-electron chi connectivity index (χ0n) is 13.6. The van der Waals surface area contributed by atoms with E-state index in [0.29, 0.717) is 0 Å². The first-order chi connectivity index (χ1) is 12.1. The molecule has 0 aliphatic carbocycles. The smallest absolute Gasteiger partial charge is 0.244 e. The highest BCUT2D eigenvalue weighted by atomic mass is 32.1. The molecule has 0 saturated carbocycles. The van der Waals surface area contributed by atoms with Crippen molar-refractivity contribution in [2.24, 2.45) is 0 Å². The summed E-state index contributed by atoms with van der Waals surface area (Å²) in [5.74, 6) is -0.401. The standard InChI is InChI=1S/C20H17FN2OS/c1-14(15-10-12-22-13-11-15)23-20(24)9-7-18-6-8-19(25-18)16-2-4-17(21)5-3-16/h2-14H,1H3,(H,23,24). The number of benzene rings is 1. The average molecular weight is 352 g/mol. The van der Waals surface area contributed by atoms with Gasteiger partial charge in [-0.25, -0.2) is 4.39 Å². The van der Waals surface area contributed by atoms with Gasteiger partial charge in [-0.3, -0.25) is 9.78 Å². The number of nitrogens with zero attached hydrogens (tertiary/aromatic N) is 1. The first-order valence-electron chi connectivity index (χ1n) is 7.86. The minimum absolute atomic E-state index is 0.0849. The zero-order chi connectivity index (χ0) is 17.6. The Bertz CT molecular complexity index is 872. The number of rotatable bonds is 5. The molecule has 0 bridgehead atoms. The zero-order valence-corrected chi connectivity index (χ0v) is 14.5. The summed E-state index contributed by atoms with van der Waals surface area (Å²) in [7, 11) is 0. The molecule has 0 aliphatic heterocycles. The molecule has 2 aromatic heterocycles. The predicted molar refractivity (Wildman–Crippen MR) is 99.5 cm³/mol. The van der Waals surface area contributed by atoms with Crippen molar-refractivity contribution >= 4 is 23.3 Å². The van der Waals surface area contributed by atoms with Gasteiger partial charge in [-0.05, 0) is 60.5 Å². The number of hydrogen-bond donors (Lipinski definition) is 1. The maximum atomic E-state index is 13.0. The number of nitrogens with one attached hydrogen (secondary N) is 1. The predicted octanol–water partition coefficient (Wildman–Crippen LogP) is 4.84. The molecule has 25 heavy (non-hydrogen) atoms. The number of carbonyl (C=O) groups is 1. The van der Waals surface area contributed by atoms with Crippen LogP contribution in [0.4, 0.5) is 4.39 Å². The van der Waals surface area contributed by atoms with Gasteiger partial charge in [-0.2, -0.15) is 0 Å². The molecule has 3 nitrogen and oxygen atoms in total. The molecule has 1 unspecified atom stereocenters. The van der Waals surface area contributed by atoms with Crippen LogP contribution in [0.2, 0.25) is 0 Å². The summed E-state index contributed by atoms with van der Waals surface area (Å²) >= 11 is 1.55. The van der Waals surface area contributed by atoms with Gasteiger partial charge in [0.2, 0.25) is 5.91 Å². The normalized spacial score (nSPS) is 12.2. The number of halogens is 1. The Morgan fingerprint density at radius 1 is 1.12 bits per heavy atom. The van der Waals surface area contributed by atoms with Gasteiger partial charge in [-0.1, -0.05) is 12.1 Å². The van der Waals surface area contributed by atoms with Crippen LogP contribution in [0.15, 0.2) is 67.0 Å². The van der Waals surface area contributed by atoms with E-state index in [1.807, 2.05) is 31.2 Å². The Kier molecular flexibility index (Phi) is 5.36. The van der Waals surface area contributed by atoms with Gasteiger partial charge >= 0.3 is 0 Å². The third-order valence-electron chi connectivity index (χ3n) is 3.72. The fourth-order valence-corrected chi connectivity index (χ4v) is 3.28. The van der Waals surface area contributed by atoms with Crippen LogP contribution in [0.1, 0.15) is 23.4 Å². The molecule has 1 amide bonds. The van der Waals surface area contributed by atoms with Crippen molar-refractivity contribution in [2.45, 2.75) is 13.0 Å². The highest BCUT2D eigenvalue weighted by molar-refractivity contribution is 7.16. The molecule has 3 aromatic rings. The van der Waals surface area contributed by atoms with E-state index in [9.17, 15) is 9.18 Å². The largest absolute Gasteiger partial charge is 0.346 e. The van der Waals surface area contributed by atoms with Crippen LogP contribution < -0.4 is 5.32 Å². The number of hydrogen-bond acceptors (Lipinski definition) is 3. The van der Waals surface area contributed by atoms with Crippen LogP contribution in [0.5, 0.6) is 0 Å². The molecule has 0 spiro atoms. The number of amides is 1. The number of aromatic nitrogens is 1. The van der Waals surface area contributed by atoms with Crippen molar-refractivity contribution < 1.29 is 9.18 Å². The minimum atomic E-state index is -0.250. The van der Waals surface area contributed by atoms with Crippen LogP contribution in [-0.4, -0.2) is 10.9 Å². The van der Waals surface area contributed by atoms with E-state index in [4.69, 9.17) is 0 Å². The van der Waals surface area contributed by atoms with Crippen molar-refractivity contribution in [1.29, 1.82) is 0 Å². The van der Waals surface area contributed by atoms with Gasteiger partial charge in [0.15, 0.2) is 0 Å². The van der Waals surface area contributed by atoms with Crippen molar-refractivity contribution in [3.63, 3.8) is 0 Å². The van der Waals surface area contributed by atoms with Gasteiger partial charge in [0.05, 0.1) is 6.04 Å². The minimum Gasteiger partial charge on any atom is -0.346 e. The molecule has 1 atom stereocenters. The lowest BCUT2D eigenvalue weighted by molar-refractivity contribution is -0.117. The third-order valence-corrected chi connectivity index (χ3v) is 4.82. The topological polar surface area (TPSA) is 42.0 Å². The lowest BCUT2D eigenvalue weighted by atomic mass is 10.1. The molecule has 2 heterocycles. The van der Waals surface area contributed by atoms with Crippen molar-refractivity contribution in [3.8, 4) is 10.4 Å². The fourth-order valence-electron chi connectivity index (χ4n) is 2.37. The summed E-state index contributed by atoms with van der Waals surface area (Å²) in [4.78, 5) is 18.0. The number of pyridine rings is 1. The molecule has 0 aliphatic rings. The van der Waals surface area contributed by atoms with E-state index in [1.54, 1.807) is 41.9 Å². The van der Waals surface area contributed by atoms with E-state index in [0.717, 1.165) is 20.9 Å². The van der Waals surface area contributed by atoms with Crippen LogP contribution in [0, 0.1) is 5.82 Å². The summed E-state index contributed by atoms with van der Waals surface area (Å²) in [5, 5.41) is 2.92. The number of carbonyl (C=O) groups excluding carboxylic acids is 1. The lowest BCUT2D eigenvalue weighted by Crippen LogP contribution is -2.24. The Morgan fingerprint density at radius 3 is 2.56 bits per heavy atom. The molecule has 0 saturated heterocycles. The first kappa shape index (κ1) is 17.0. The van der Waals surface area contributed by atoms with Crippen LogP contribution in [0.25, 0.3) is 16.5 Å². The Hall–Kier alpha value is -2.79. The molecular formula is C20H17FN2OS. The molecule has 1 aromatic carbocycles. The van der Waals surface area contributed by atoms with Gasteiger partial charge < -0.3 is 5.32 Å². The Morgan fingerprint density at radius 2 is 1.84 bits per heavy atom. The van der Waals surface area contributed by atoms with E-state index < -0.39 is 0 Å². The Labute approximate surface area is 149 Å². The quantitative estimate of drug-likeness (QED) is 0.668. The van der Waals surface area contributed by atoms with Crippen LogP contribution >= 0.6 is 11.3 Å². The van der Waals surface area contributed by atoms with E-state index in [-0.39, 0.29) is 17.8 Å². The summed E-state index contributed by atoms with van der Waals surface area (Å²) in [5.41, 5.74) is 1.97. The van der Waals surface area contributed by atoms with Crippen LogP contribution in [-0.2, 0) is 4.79 Å². The second-order valence-corrected chi connectivity index (χ2v) is 6.67. The molecule has 126 valence electrons. The molecule has 5 heteroatoms.